The molecule has 0 radical (unpaired) electrons. The molecule has 0 aliphatic heterocycles. The molecule has 0 aliphatic rings. The summed E-state index contributed by atoms with van der Waals surface area (Å²) >= 11 is 0. The van der Waals surface area contributed by atoms with Crippen LogP contribution in [0.1, 0.15) is 41.5 Å². The van der Waals surface area contributed by atoms with Gasteiger partial charge in [-0.3, -0.25) is 0 Å². The maximum Gasteiger partial charge on any atom is 0.120 e. The summed E-state index contributed by atoms with van der Waals surface area (Å²) in [6, 6.07) is 79.8. The van der Waals surface area contributed by atoms with Crippen molar-refractivity contribution in [1.29, 1.82) is 0 Å². The molecule has 0 N–H and O–H groups in total. The Bertz CT molecular complexity index is 3280. The molecule has 0 amide bonds. The van der Waals surface area contributed by atoms with Gasteiger partial charge in [0.2, 0.25) is 0 Å². The minimum atomic E-state index is 0.176. The number of hydrogen-bond acceptors (Lipinski definition) is 4. The average Bonchev–Trinajstić information content (AvgIpc) is 3.88. The highest BCUT2D eigenvalue weighted by atomic mass is 16.5. The highest BCUT2D eigenvalue weighted by Gasteiger charge is 2.15. The summed E-state index contributed by atoms with van der Waals surface area (Å²) in [6.45, 7) is 12.3. The molecule has 0 bridgehead atoms. The van der Waals surface area contributed by atoms with Crippen molar-refractivity contribution >= 4 is 60.7 Å². The molecule has 6 heteroatoms. The van der Waals surface area contributed by atoms with Gasteiger partial charge >= 0.3 is 0 Å². The zero-order valence-corrected chi connectivity index (χ0v) is 40.2. The van der Waals surface area contributed by atoms with Gasteiger partial charge in [0.15, 0.2) is 0 Å². The Hall–Kier alpha value is -8.22. The SMILES string of the molecule is CC(C)Oc1ccc(-n2c3ccccc3c3ccccc32)cc1.CC(C)Oc1ccc(N(c2ccccc2)c2ccccc2)cc1.CC(C)Oc1ccc2c(c1)c1ccccc1n2-c1ccccc1. The lowest BCUT2D eigenvalue weighted by atomic mass is 10.1. The van der Waals surface area contributed by atoms with Crippen LogP contribution >= 0.6 is 0 Å². The van der Waals surface area contributed by atoms with Crippen molar-refractivity contribution in [2.24, 2.45) is 0 Å². The summed E-state index contributed by atoms with van der Waals surface area (Å²) in [6.07, 6.45) is 0.546. The fraction of sp³-hybridized carbons (Fsp3) is 0.143. The minimum Gasteiger partial charge on any atom is -0.491 e. The molecule has 69 heavy (non-hydrogen) atoms. The van der Waals surface area contributed by atoms with Crippen LogP contribution < -0.4 is 19.1 Å². The third-order valence-electron chi connectivity index (χ3n) is 11.6. The molecule has 0 saturated heterocycles. The second-order valence-corrected chi connectivity index (χ2v) is 17.7. The molecule has 0 spiro atoms. The Labute approximate surface area is 406 Å². The van der Waals surface area contributed by atoms with Crippen LogP contribution in [0.15, 0.2) is 231 Å². The van der Waals surface area contributed by atoms with Crippen LogP contribution in [0, 0.1) is 0 Å². The molecule has 2 aromatic heterocycles. The van der Waals surface area contributed by atoms with Crippen molar-refractivity contribution in [3.8, 4) is 28.6 Å². The van der Waals surface area contributed by atoms with E-state index in [0.29, 0.717) is 0 Å². The number of fused-ring (bicyclic) bond motifs is 6. The number of ether oxygens (including phenoxy) is 3. The van der Waals surface area contributed by atoms with E-state index in [4.69, 9.17) is 14.2 Å². The van der Waals surface area contributed by atoms with Gasteiger partial charge in [-0.2, -0.15) is 0 Å². The maximum absolute atomic E-state index is 5.88. The van der Waals surface area contributed by atoms with Crippen molar-refractivity contribution in [2.75, 3.05) is 4.90 Å². The number of para-hydroxylation sites is 6. The van der Waals surface area contributed by atoms with Gasteiger partial charge < -0.3 is 28.2 Å². The van der Waals surface area contributed by atoms with Crippen LogP contribution in [-0.2, 0) is 0 Å². The molecule has 0 aliphatic carbocycles. The van der Waals surface area contributed by atoms with E-state index >= 15 is 0 Å². The van der Waals surface area contributed by atoms with Crippen LogP contribution in [0.4, 0.5) is 17.1 Å². The lowest BCUT2D eigenvalue weighted by Crippen LogP contribution is -2.10. The zero-order valence-electron chi connectivity index (χ0n) is 40.2. The smallest absolute Gasteiger partial charge is 0.120 e. The molecule has 0 fully saturated rings. The Morgan fingerprint density at radius 3 is 1.06 bits per heavy atom. The van der Waals surface area contributed by atoms with Gasteiger partial charge in [0.25, 0.3) is 0 Å². The predicted molar refractivity (Wildman–Crippen MR) is 290 cm³/mol. The third kappa shape index (κ3) is 10.5. The molecule has 2 heterocycles. The van der Waals surface area contributed by atoms with Crippen molar-refractivity contribution in [3.63, 3.8) is 0 Å². The Morgan fingerprint density at radius 1 is 0.290 bits per heavy atom. The van der Waals surface area contributed by atoms with Crippen LogP contribution in [0.2, 0.25) is 0 Å². The Morgan fingerprint density at radius 2 is 0.609 bits per heavy atom. The number of benzene rings is 9. The summed E-state index contributed by atoms with van der Waals surface area (Å²) < 4.78 is 22.0. The molecule has 6 nitrogen and oxygen atoms in total. The van der Waals surface area contributed by atoms with E-state index in [1.165, 1.54) is 49.3 Å². The van der Waals surface area contributed by atoms with Crippen LogP contribution in [0.3, 0.4) is 0 Å². The van der Waals surface area contributed by atoms with E-state index in [1.807, 2.05) is 70.2 Å². The second-order valence-electron chi connectivity index (χ2n) is 17.7. The molecule has 9 aromatic carbocycles. The number of aromatic nitrogens is 2. The topological polar surface area (TPSA) is 40.8 Å². The third-order valence-corrected chi connectivity index (χ3v) is 11.6. The second kappa shape index (κ2) is 21.2. The van der Waals surface area contributed by atoms with Gasteiger partial charge in [-0.15, -0.1) is 0 Å². The zero-order chi connectivity index (χ0) is 47.7. The normalized spacial score (nSPS) is 11.1. The molecular weight excluding hydrogens is 847 g/mol. The predicted octanol–water partition coefficient (Wildman–Crippen LogP) is 17.1. The summed E-state index contributed by atoms with van der Waals surface area (Å²) in [5, 5.41) is 5.04. The monoisotopic (exact) mass is 905 g/mol. The molecule has 11 aromatic rings. The quantitative estimate of drug-likeness (QED) is 0.130. The maximum atomic E-state index is 5.88. The first-order valence-electron chi connectivity index (χ1n) is 23.9. The van der Waals surface area contributed by atoms with Gasteiger partial charge in [0.1, 0.15) is 17.2 Å². The average molecular weight is 906 g/mol. The van der Waals surface area contributed by atoms with Gasteiger partial charge in [-0.05, 0) is 163 Å². The summed E-state index contributed by atoms with van der Waals surface area (Å²) in [4.78, 5) is 2.24. The van der Waals surface area contributed by atoms with Crippen LogP contribution in [-0.4, -0.2) is 27.4 Å². The van der Waals surface area contributed by atoms with Crippen molar-refractivity contribution < 1.29 is 14.2 Å². The molecule has 0 atom stereocenters. The molecule has 0 unspecified atom stereocenters. The van der Waals surface area contributed by atoms with Gasteiger partial charge in [-0.1, -0.05) is 109 Å². The Balaban J connectivity index is 0.000000129. The Kier molecular flexibility index (Phi) is 14.1. The number of hydrogen-bond donors (Lipinski definition) is 0. The fourth-order valence-electron chi connectivity index (χ4n) is 8.85. The number of anilines is 3. The van der Waals surface area contributed by atoms with E-state index in [1.54, 1.807) is 0 Å². The summed E-state index contributed by atoms with van der Waals surface area (Å²) in [5.41, 5.74) is 10.6. The van der Waals surface area contributed by atoms with Crippen molar-refractivity contribution in [2.45, 2.75) is 59.9 Å². The van der Waals surface area contributed by atoms with E-state index in [0.717, 1.165) is 40.0 Å². The molecule has 0 saturated carbocycles. The van der Waals surface area contributed by atoms with E-state index in [2.05, 4.69) is 216 Å². The first kappa shape index (κ1) is 45.9. The van der Waals surface area contributed by atoms with E-state index in [-0.39, 0.29) is 18.3 Å². The lowest BCUT2D eigenvalue weighted by molar-refractivity contribution is 0.242. The first-order chi connectivity index (χ1) is 33.7. The fourth-order valence-corrected chi connectivity index (χ4v) is 8.85. The molecule has 344 valence electrons. The minimum absolute atomic E-state index is 0.176. The number of nitrogens with zero attached hydrogens (tertiary/aromatic N) is 3. The van der Waals surface area contributed by atoms with Crippen LogP contribution in [0.5, 0.6) is 17.2 Å². The highest BCUT2D eigenvalue weighted by Crippen LogP contribution is 2.37. The largest absolute Gasteiger partial charge is 0.491 e. The van der Waals surface area contributed by atoms with E-state index < -0.39 is 0 Å². The van der Waals surface area contributed by atoms with Gasteiger partial charge in [0.05, 0.1) is 40.4 Å². The van der Waals surface area contributed by atoms with Gasteiger partial charge in [0, 0.05) is 50.0 Å². The van der Waals surface area contributed by atoms with Crippen molar-refractivity contribution in [1.82, 2.24) is 9.13 Å². The first-order valence-corrected chi connectivity index (χ1v) is 23.9. The van der Waals surface area contributed by atoms with Crippen molar-refractivity contribution in [3.05, 3.63) is 231 Å². The summed E-state index contributed by atoms with van der Waals surface area (Å²) in [5.74, 6) is 2.72. The van der Waals surface area contributed by atoms with Gasteiger partial charge in [-0.25, -0.2) is 0 Å². The summed E-state index contributed by atoms with van der Waals surface area (Å²) in [7, 11) is 0. The van der Waals surface area contributed by atoms with Crippen LogP contribution in [0.25, 0.3) is 55.0 Å². The highest BCUT2D eigenvalue weighted by molar-refractivity contribution is 6.10. The molecular formula is C63H59N3O3. The standard InChI is InChI=1S/2C21H19NO.C21H21NO/c1-15(2)23-17-13-11-16(12-14-17)22-20-9-5-3-7-18(20)19-8-4-6-10-21(19)22;1-15(2)23-17-12-13-21-19(14-17)18-10-6-7-11-20(18)22(21)16-8-4-3-5-9-16;1-17(2)23-21-15-13-20(14-16-21)22(18-9-5-3-6-10-18)19-11-7-4-8-12-19/h2*3-15H,1-2H3;3-17H,1-2H3. The lowest BCUT2D eigenvalue weighted by Gasteiger charge is -2.25. The number of rotatable bonds is 11. The molecule has 11 rings (SSSR count). The van der Waals surface area contributed by atoms with E-state index in [9.17, 15) is 0 Å².